The van der Waals surface area contributed by atoms with Crippen LogP contribution in [0.2, 0.25) is 0 Å². The monoisotopic (exact) mass is 431 g/mol. The van der Waals surface area contributed by atoms with Gasteiger partial charge in [-0.3, -0.25) is 9.48 Å². The lowest BCUT2D eigenvalue weighted by Crippen LogP contribution is -2.31. The lowest BCUT2D eigenvalue weighted by atomic mass is 9.84. The predicted molar refractivity (Wildman–Crippen MR) is 114 cm³/mol. The van der Waals surface area contributed by atoms with Crippen molar-refractivity contribution in [2.75, 3.05) is 18.5 Å². The Morgan fingerprint density at radius 3 is 2.57 bits per heavy atom. The SMILES string of the molecule is Cn1ccc(NC(=O)[C@H](CC2CCOCC2)c2ccccc2S(=O)(=O)C2CCC2)n1. The first-order chi connectivity index (χ1) is 14.4. The van der Waals surface area contributed by atoms with E-state index in [2.05, 4.69) is 10.4 Å². The number of rotatable bonds is 7. The molecular formula is C22H29N3O4S. The minimum absolute atomic E-state index is 0.212. The predicted octanol–water partition coefficient (Wildman–Crippen LogP) is 3.29. The summed E-state index contributed by atoms with van der Waals surface area (Å²) in [7, 11) is -1.66. The van der Waals surface area contributed by atoms with Crippen LogP contribution in [-0.4, -0.2) is 42.6 Å². The number of anilines is 1. The quantitative estimate of drug-likeness (QED) is 0.727. The van der Waals surface area contributed by atoms with Gasteiger partial charge in [0, 0.05) is 32.5 Å². The Labute approximate surface area is 177 Å². The summed E-state index contributed by atoms with van der Waals surface area (Å²) in [6.45, 7) is 1.36. The van der Waals surface area contributed by atoms with Gasteiger partial charge in [0.2, 0.25) is 5.91 Å². The van der Waals surface area contributed by atoms with Gasteiger partial charge in [-0.15, -0.1) is 0 Å². The zero-order valence-electron chi connectivity index (χ0n) is 17.3. The summed E-state index contributed by atoms with van der Waals surface area (Å²) < 4.78 is 33.6. The van der Waals surface area contributed by atoms with Crippen molar-refractivity contribution in [2.45, 2.75) is 54.6 Å². The van der Waals surface area contributed by atoms with Crippen molar-refractivity contribution in [2.24, 2.45) is 13.0 Å². The molecule has 162 valence electrons. The molecular weight excluding hydrogens is 402 g/mol. The standard InChI is InChI=1S/C22H29N3O4S/c1-25-12-9-21(24-25)23-22(26)19(15-16-10-13-29-14-11-16)18-7-2-3-8-20(18)30(27,28)17-5-4-6-17/h2-3,7-9,12,16-17,19H,4-6,10-11,13-15H2,1H3,(H,23,24,26)/t19-/m1/s1. The molecule has 0 spiro atoms. The van der Waals surface area contributed by atoms with E-state index >= 15 is 0 Å². The lowest BCUT2D eigenvalue weighted by molar-refractivity contribution is -0.118. The van der Waals surface area contributed by atoms with Crippen LogP contribution in [0.1, 0.15) is 50.0 Å². The van der Waals surface area contributed by atoms with Crippen molar-refractivity contribution in [1.82, 2.24) is 9.78 Å². The van der Waals surface area contributed by atoms with Gasteiger partial charge in [0.1, 0.15) is 0 Å². The number of aromatic nitrogens is 2. The molecule has 1 aromatic carbocycles. The van der Waals surface area contributed by atoms with E-state index in [1.165, 1.54) is 0 Å². The molecule has 30 heavy (non-hydrogen) atoms. The molecule has 1 saturated heterocycles. The largest absolute Gasteiger partial charge is 0.381 e. The summed E-state index contributed by atoms with van der Waals surface area (Å²) in [4.78, 5) is 13.7. The van der Waals surface area contributed by atoms with Gasteiger partial charge in [0.15, 0.2) is 15.7 Å². The van der Waals surface area contributed by atoms with E-state index in [0.717, 1.165) is 19.3 Å². The van der Waals surface area contributed by atoms with Crippen LogP contribution >= 0.6 is 0 Å². The topological polar surface area (TPSA) is 90.3 Å². The lowest BCUT2D eigenvalue weighted by Gasteiger charge is -2.29. The summed E-state index contributed by atoms with van der Waals surface area (Å²) in [6, 6.07) is 8.76. The molecule has 2 fully saturated rings. The number of benzene rings is 1. The van der Waals surface area contributed by atoms with Crippen LogP contribution in [0.5, 0.6) is 0 Å². The number of hydrogen-bond donors (Lipinski definition) is 1. The first-order valence-electron chi connectivity index (χ1n) is 10.7. The summed E-state index contributed by atoms with van der Waals surface area (Å²) in [5, 5.41) is 6.80. The highest BCUT2D eigenvalue weighted by molar-refractivity contribution is 7.92. The molecule has 1 aliphatic heterocycles. The summed E-state index contributed by atoms with van der Waals surface area (Å²) in [5.41, 5.74) is 0.601. The molecule has 7 nitrogen and oxygen atoms in total. The third-order valence-electron chi connectivity index (χ3n) is 6.28. The molecule has 2 aromatic rings. The fourth-order valence-corrected chi connectivity index (χ4v) is 6.39. The molecule has 1 N–H and O–H groups in total. The van der Waals surface area contributed by atoms with Gasteiger partial charge in [-0.25, -0.2) is 8.42 Å². The van der Waals surface area contributed by atoms with Crippen LogP contribution in [0, 0.1) is 5.92 Å². The Kier molecular flexibility index (Phi) is 6.24. The van der Waals surface area contributed by atoms with Crippen LogP contribution in [-0.2, 0) is 26.4 Å². The van der Waals surface area contributed by atoms with Crippen molar-refractivity contribution in [3.05, 3.63) is 42.1 Å². The Morgan fingerprint density at radius 2 is 1.93 bits per heavy atom. The minimum Gasteiger partial charge on any atom is -0.381 e. The smallest absolute Gasteiger partial charge is 0.233 e. The third kappa shape index (κ3) is 4.44. The van der Waals surface area contributed by atoms with Gasteiger partial charge >= 0.3 is 0 Å². The maximum Gasteiger partial charge on any atom is 0.233 e. The number of carbonyl (C=O) groups excluding carboxylic acids is 1. The molecule has 1 amide bonds. The number of hydrogen-bond acceptors (Lipinski definition) is 5. The zero-order chi connectivity index (χ0) is 21.1. The number of ether oxygens (including phenoxy) is 1. The molecule has 0 unspecified atom stereocenters. The van der Waals surface area contributed by atoms with Crippen LogP contribution in [0.15, 0.2) is 41.4 Å². The average molecular weight is 432 g/mol. The fraction of sp³-hybridized carbons (Fsp3) is 0.545. The van der Waals surface area contributed by atoms with Crippen LogP contribution in [0.25, 0.3) is 0 Å². The van der Waals surface area contributed by atoms with Gasteiger partial charge < -0.3 is 10.1 Å². The van der Waals surface area contributed by atoms with E-state index in [1.54, 1.807) is 42.2 Å². The highest BCUT2D eigenvalue weighted by atomic mass is 32.2. The molecule has 1 aromatic heterocycles. The second-order valence-electron chi connectivity index (χ2n) is 8.34. The van der Waals surface area contributed by atoms with E-state index in [1.807, 2.05) is 6.07 Å². The Bertz CT molecular complexity index is 991. The summed E-state index contributed by atoms with van der Waals surface area (Å²) in [5.74, 6) is 0.0223. The van der Waals surface area contributed by atoms with Crippen molar-refractivity contribution in [1.29, 1.82) is 0 Å². The van der Waals surface area contributed by atoms with Gasteiger partial charge in [0.05, 0.1) is 16.1 Å². The number of nitrogens with one attached hydrogen (secondary N) is 1. The summed E-state index contributed by atoms with van der Waals surface area (Å²) in [6.07, 6.45) is 6.45. The molecule has 8 heteroatoms. The maximum absolute atomic E-state index is 13.3. The van der Waals surface area contributed by atoms with Crippen LogP contribution in [0.3, 0.4) is 0 Å². The third-order valence-corrected chi connectivity index (χ3v) is 8.62. The van der Waals surface area contributed by atoms with Gasteiger partial charge in [-0.2, -0.15) is 5.10 Å². The number of amides is 1. The second kappa shape index (κ2) is 8.89. The van der Waals surface area contributed by atoms with E-state index in [9.17, 15) is 13.2 Å². The average Bonchev–Trinajstić information content (AvgIpc) is 3.10. The number of sulfone groups is 1. The molecule has 0 bridgehead atoms. The van der Waals surface area contributed by atoms with Gasteiger partial charge in [-0.1, -0.05) is 24.6 Å². The molecule has 1 aliphatic carbocycles. The van der Waals surface area contributed by atoms with Gasteiger partial charge in [0.25, 0.3) is 0 Å². The second-order valence-corrected chi connectivity index (χ2v) is 10.5. The van der Waals surface area contributed by atoms with Crippen molar-refractivity contribution < 1.29 is 17.9 Å². The van der Waals surface area contributed by atoms with Crippen LogP contribution < -0.4 is 5.32 Å². The molecule has 1 atom stereocenters. The fourth-order valence-electron chi connectivity index (χ4n) is 4.27. The van der Waals surface area contributed by atoms with Crippen molar-refractivity contribution in [3.8, 4) is 0 Å². The molecule has 0 radical (unpaired) electrons. The van der Waals surface area contributed by atoms with Crippen molar-refractivity contribution >= 4 is 21.6 Å². The van der Waals surface area contributed by atoms with E-state index < -0.39 is 15.8 Å². The van der Waals surface area contributed by atoms with E-state index in [0.29, 0.717) is 54.7 Å². The van der Waals surface area contributed by atoms with Crippen molar-refractivity contribution in [3.63, 3.8) is 0 Å². The number of carbonyl (C=O) groups is 1. The van der Waals surface area contributed by atoms with E-state index in [-0.39, 0.29) is 11.2 Å². The highest BCUT2D eigenvalue weighted by Crippen LogP contribution is 2.38. The Balaban J connectivity index is 1.67. The molecule has 2 aliphatic rings. The number of nitrogens with zero attached hydrogens (tertiary/aromatic N) is 2. The number of aryl methyl sites for hydroxylation is 1. The molecule has 1 saturated carbocycles. The first-order valence-corrected chi connectivity index (χ1v) is 12.2. The zero-order valence-corrected chi connectivity index (χ0v) is 18.1. The molecule has 4 rings (SSSR count). The maximum atomic E-state index is 13.3. The molecule has 2 heterocycles. The normalized spacial score (nSPS) is 19.2. The summed E-state index contributed by atoms with van der Waals surface area (Å²) >= 11 is 0. The Hall–Kier alpha value is -2.19. The minimum atomic E-state index is -3.45. The van der Waals surface area contributed by atoms with E-state index in [4.69, 9.17) is 4.74 Å². The van der Waals surface area contributed by atoms with Crippen LogP contribution in [0.4, 0.5) is 5.82 Å². The first kappa shape index (κ1) is 21.1. The Morgan fingerprint density at radius 1 is 1.20 bits per heavy atom. The highest BCUT2D eigenvalue weighted by Gasteiger charge is 2.37. The van der Waals surface area contributed by atoms with Gasteiger partial charge in [-0.05, 0) is 49.7 Å².